The van der Waals surface area contributed by atoms with Crippen LogP contribution in [-0.4, -0.2) is 23.0 Å². The summed E-state index contributed by atoms with van der Waals surface area (Å²) in [5, 5.41) is 2.84. The van der Waals surface area contributed by atoms with Gasteiger partial charge in [-0.3, -0.25) is 4.79 Å². The molecule has 0 fully saturated rings. The maximum atomic E-state index is 11.7. The van der Waals surface area contributed by atoms with Crippen molar-refractivity contribution in [2.24, 2.45) is 5.92 Å². The Morgan fingerprint density at radius 2 is 1.82 bits per heavy atom. The summed E-state index contributed by atoms with van der Waals surface area (Å²) < 4.78 is 4.97. The fourth-order valence-electron chi connectivity index (χ4n) is 1.52. The molecule has 1 heterocycles. The summed E-state index contributed by atoms with van der Waals surface area (Å²) in [5.74, 6) is 0.315. The number of rotatable bonds is 4. The molecular weight excluding hydrogens is 218 g/mol. The monoisotopic (exact) mass is 237 g/mol. The Bertz CT molecular complexity index is 393. The van der Waals surface area contributed by atoms with E-state index in [2.05, 4.69) is 15.3 Å². The molecule has 1 amide bonds. The molecule has 0 aliphatic heterocycles. The molecule has 94 valence electrons. The summed E-state index contributed by atoms with van der Waals surface area (Å²) in [4.78, 5) is 20.0. The molecule has 0 radical (unpaired) electrons. The molecular formula is C12H19N3O2. The highest BCUT2D eigenvalue weighted by Crippen LogP contribution is 2.19. The van der Waals surface area contributed by atoms with Gasteiger partial charge in [0.1, 0.15) is 0 Å². The van der Waals surface area contributed by atoms with Gasteiger partial charge in [-0.2, -0.15) is 9.97 Å². The van der Waals surface area contributed by atoms with Crippen molar-refractivity contribution in [3.63, 3.8) is 0 Å². The molecule has 0 bridgehead atoms. The third kappa shape index (κ3) is 3.69. The smallest absolute Gasteiger partial charge is 0.316 e. The number of aromatic nitrogens is 2. The van der Waals surface area contributed by atoms with Crippen molar-refractivity contribution >= 4 is 11.6 Å². The maximum Gasteiger partial charge on any atom is 0.316 e. The molecule has 0 saturated carbocycles. The Hall–Kier alpha value is -1.65. The van der Waals surface area contributed by atoms with E-state index in [4.69, 9.17) is 4.74 Å². The Kier molecular flexibility index (Phi) is 4.43. The zero-order valence-corrected chi connectivity index (χ0v) is 11.0. The molecule has 5 heteroatoms. The molecule has 0 aliphatic carbocycles. The first-order valence-corrected chi connectivity index (χ1v) is 5.63. The number of nitrogens with one attached hydrogen (secondary N) is 1. The van der Waals surface area contributed by atoms with Crippen LogP contribution in [0.3, 0.4) is 0 Å². The van der Waals surface area contributed by atoms with Crippen LogP contribution in [0.2, 0.25) is 0 Å². The highest BCUT2D eigenvalue weighted by atomic mass is 16.5. The number of hydrogen-bond acceptors (Lipinski definition) is 4. The fourth-order valence-corrected chi connectivity index (χ4v) is 1.52. The van der Waals surface area contributed by atoms with Gasteiger partial charge >= 0.3 is 6.01 Å². The van der Waals surface area contributed by atoms with Crippen LogP contribution >= 0.6 is 0 Å². The van der Waals surface area contributed by atoms with Crippen LogP contribution in [0.4, 0.5) is 5.69 Å². The molecule has 1 rings (SSSR count). The number of ether oxygens (including phenoxy) is 1. The van der Waals surface area contributed by atoms with Gasteiger partial charge in [-0.15, -0.1) is 0 Å². The van der Waals surface area contributed by atoms with E-state index in [9.17, 15) is 4.79 Å². The van der Waals surface area contributed by atoms with Crippen LogP contribution in [0.1, 0.15) is 31.7 Å². The third-order valence-electron chi connectivity index (χ3n) is 2.29. The van der Waals surface area contributed by atoms with E-state index in [0.29, 0.717) is 35.4 Å². The number of anilines is 1. The lowest BCUT2D eigenvalue weighted by Crippen LogP contribution is -2.16. The minimum atomic E-state index is -0.0139. The summed E-state index contributed by atoms with van der Waals surface area (Å²) in [5.41, 5.74) is 2.11. The van der Waals surface area contributed by atoms with Crippen molar-refractivity contribution in [2.45, 2.75) is 34.1 Å². The van der Waals surface area contributed by atoms with Crippen LogP contribution in [0.5, 0.6) is 6.01 Å². The van der Waals surface area contributed by atoms with E-state index >= 15 is 0 Å². The molecule has 0 atom stereocenters. The lowest BCUT2D eigenvalue weighted by molar-refractivity contribution is -0.116. The quantitative estimate of drug-likeness (QED) is 0.870. The predicted molar refractivity (Wildman–Crippen MR) is 66.1 cm³/mol. The average Bonchev–Trinajstić information content (AvgIpc) is 2.22. The van der Waals surface area contributed by atoms with Crippen molar-refractivity contribution in [1.82, 2.24) is 9.97 Å². The second kappa shape index (κ2) is 5.61. The van der Waals surface area contributed by atoms with E-state index in [1.165, 1.54) is 7.11 Å². The number of methoxy groups -OCH3 is 1. The summed E-state index contributed by atoms with van der Waals surface area (Å²) in [6.45, 7) is 7.65. The molecule has 17 heavy (non-hydrogen) atoms. The number of aryl methyl sites for hydroxylation is 2. The molecule has 0 aliphatic rings. The number of carbonyl (C=O) groups excluding carboxylic acids is 1. The molecule has 5 nitrogen and oxygen atoms in total. The van der Waals surface area contributed by atoms with Crippen LogP contribution in [0.15, 0.2) is 0 Å². The second-order valence-corrected chi connectivity index (χ2v) is 4.40. The van der Waals surface area contributed by atoms with Gasteiger partial charge in [0.15, 0.2) is 0 Å². The lowest BCUT2D eigenvalue weighted by atomic mass is 10.1. The minimum Gasteiger partial charge on any atom is -0.467 e. The summed E-state index contributed by atoms with van der Waals surface area (Å²) in [6, 6.07) is 0.321. The molecule has 0 aromatic carbocycles. The average molecular weight is 237 g/mol. The van der Waals surface area contributed by atoms with Gasteiger partial charge in [0.25, 0.3) is 0 Å². The minimum absolute atomic E-state index is 0.0139. The molecule has 1 N–H and O–H groups in total. The highest BCUT2D eigenvalue weighted by molar-refractivity contribution is 5.91. The van der Waals surface area contributed by atoms with Crippen LogP contribution in [0.25, 0.3) is 0 Å². The van der Waals surface area contributed by atoms with Gasteiger partial charge in [0, 0.05) is 6.42 Å². The first-order chi connectivity index (χ1) is 7.93. The van der Waals surface area contributed by atoms with Crippen molar-refractivity contribution in [1.29, 1.82) is 0 Å². The predicted octanol–water partition coefficient (Wildman–Crippen LogP) is 2.09. The molecule has 1 aromatic heterocycles. The topological polar surface area (TPSA) is 64.1 Å². The number of hydrogen-bond donors (Lipinski definition) is 1. The van der Waals surface area contributed by atoms with Crippen molar-refractivity contribution in [2.75, 3.05) is 12.4 Å². The summed E-state index contributed by atoms with van der Waals surface area (Å²) in [6.07, 6.45) is 0.491. The number of carbonyl (C=O) groups is 1. The van der Waals surface area contributed by atoms with E-state index in [0.717, 1.165) is 0 Å². The van der Waals surface area contributed by atoms with E-state index < -0.39 is 0 Å². The standard InChI is InChI=1S/C12H19N3O2/c1-7(2)6-10(16)15-11-8(3)13-12(17-5)14-9(11)4/h7H,6H2,1-5H3,(H,15,16). The molecule has 0 saturated heterocycles. The maximum absolute atomic E-state index is 11.7. The first-order valence-electron chi connectivity index (χ1n) is 5.63. The Morgan fingerprint density at radius 3 is 2.24 bits per heavy atom. The van der Waals surface area contributed by atoms with Gasteiger partial charge in [-0.05, 0) is 19.8 Å². The largest absolute Gasteiger partial charge is 0.467 e. The molecule has 1 aromatic rings. The summed E-state index contributed by atoms with van der Waals surface area (Å²) in [7, 11) is 1.52. The van der Waals surface area contributed by atoms with Gasteiger partial charge in [-0.1, -0.05) is 13.8 Å². The summed E-state index contributed by atoms with van der Waals surface area (Å²) >= 11 is 0. The number of amides is 1. The Balaban J connectivity index is 2.88. The van der Waals surface area contributed by atoms with Crippen LogP contribution in [0, 0.1) is 19.8 Å². The third-order valence-corrected chi connectivity index (χ3v) is 2.29. The zero-order valence-electron chi connectivity index (χ0n) is 11.0. The van der Waals surface area contributed by atoms with Gasteiger partial charge < -0.3 is 10.1 Å². The van der Waals surface area contributed by atoms with Gasteiger partial charge in [-0.25, -0.2) is 0 Å². The van der Waals surface area contributed by atoms with Crippen molar-refractivity contribution in [3.05, 3.63) is 11.4 Å². The van der Waals surface area contributed by atoms with Crippen molar-refractivity contribution < 1.29 is 9.53 Å². The number of nitrogens with zero attached hydrogens (tertiary/aromatic N) is 2. The highest BCUT2D eigenvalue weighted by Gasteiger charge is 2.12. The van der Waals surface area contributed by atoms with E-state index in [1.807, 2.05) is 27.7 Å². The Morgan fingerprint density at radius 1 is 1.29 bits per heavy atom. The first kappa shape index (κ1) is 13.4. The SMILES string of the molecule is COc1nc(C)c(NC(=O)CC(C)C)c(C)n1. The molecule has 0 spiro atoms. The molecule has 0 unspecified atom stereocenters. The fraction of sp³-hybridized carbons (Fsp3) is 0.583. The Labute approximate surface area is 102 Å². The van der Waals surface area contributed by atoms with Crippen LogP contribution in [-0.2, 0) is 4.79 Å². The van der Waals surface area contributed by atoms with E-state index in [-0.39, 0.29) is 5.91 Å². The van der Waals surface area contributed by atoms with Crippen LogP contribution < -0.4 is 10.1 Å². The van der Waals surface area contributed by atoms with Crippen molar-refractivity contribution in [3.8, 4) is 6.01 Å². The van der Waals surface area contributed by atoms with Gasteiger partial charge in [0.05, 0.1) is 24.2 Å². The zero-order chi connectivity index (χ0) is 13.0. The normalized spacial score (nSPS) is 10.5. The second-order valence-electron chi connectivity index (χ2n) is 4.40. The lowest BCUT2D eigenvalue weighted by Gasteiger charge is -2.12. The van der Waals surface area contributed by atoms with Gasteiger partial charge in [0.2, 0.25) is 5.91 Å². The van der Waals surface area contributed by atoms with E-state index in [1.54, 1.807) is 0 Å².